The van der Waals surface area contributed by atoms with Gasteiger partial charge in [-0.2, -0.15) is 11.8 Å². The second-order valence-corrected chi connectivity index (χ2v) is 8.54. The summed E-state index contributed by atoms with van der Waals surface area (Å²) in [4.78, 5) is 0. The second kappa shape index (κ2) is 10.8. The lowest BCUT2D eigenvalue weighted by molar-refractivity contribution is -0.292. The van der Waals surface area contributed by atoms with E-state index in [1.165, 1.54) is 7.11 Å². The Hall–Kier alpha value is -1.32. The average molecular weight is 455 g/mol. The molecule has 6 nitrogen and oxygen atoms in total. The van der Waals surface area contributed by atoms with Crippen LogP contribution in [0.1, 0.15) is 22.8 Å². The number of ether oxygens (including phenoxy) is 3. The Bertz CT molecular complexity index is 816. The summed E-state index contributed by atoms with van der Waals surface area (Å²) >= 11 is 8.14. The first kappa shape index (κ1) is 23.3. The largest absolute Gasteiger partial charge is 0.493 e. The van der Waals surface area contributed by atoms with E-state index >= 15 is 0 Å². The molecular formula is C22H27ClO6S. The fraction of sp³-hybridized carbons (Fsp3) is 0.455. The predicted molar refractivity (Wildman–Crippen MR) is 117 cm³/mol. The summed E-state index contributed by atoms with van der Waals surface area (Å²) in [5.41, 5.74) is 2.56. The van der Waals surface area contributed by atoms with Crippen LogP contribution in [0.15, 0.2) is 42.5 Å². The van der Waals surface area contributed by atoms with Crippen molar-refractivity contribution in [3.8, 4) is 5.75 Å². The summed E-state index contributed by atoms with van der Waals surface area (Å²) in [6.45, 7) is 0.668. The van der Waals surface area contributed by atoms with Crippen LogP contribution >= 0.6 is 23.4 Å². The lowest BCUT2D eigenvalue weighted by Crippen LogP contribution is -2.54. The predicted octanol–water partition coefficient (Wildman–Crippen LogP) is 2.80. The van der Waals surface area contributed by atoms with Crippen molar-refractivity contribution < 1.29 is 29.5 Å². The number of rotatable bonds is 8. The molecule has 164 valence electrons. The molecule has 1 heterocycles. The van der Waals surface area contributed by atoms with Crippen molar-refractivity contribution in [1.82, 2.24) is 0 Å². The number of halogens is 1. The average Bonchev–Trinajstić information content (AvgIpc) is 2.75. The van der Waals surface area contributed by atoms with Crippen LogP contribution in [-0.4, -0.2) is 65.6 Å². The minimum atomic E-state index is -1.38. The molecule has 30 heavy (non-hydrogen) atoms. The van der Waals surface area contributed by atoms with Gasteiger partial charge < -0.3 is 29.5 Å². The summed E-state index contributed by atoms with van der Waals surface area (Å²) < 4.78 is 16.4. The molecule has 0 saturated carbocycles. The lowest BCUT2D eigenvalue weighted by Gasteiger charge is -2.40. The molecule has 3 rings (SSSR count). The standard InChI is InChI=1S/C22H27ClO6S/c1-27-22-20(26)18(24)19(25)21(29-22)14-5-8-17(23)15(12-14)11-13-3-6-16(7-4-13)28-9-10-30-2/h3-8,12,18-22,24-26H,9-11H2,1-2H3/t18-,19-,20+,21+,22?/m1/s1. The van der Waals surface area contributed by atoms with E-state index in [2.05, 4.69) is 0 Å². The van der Waals surface area contributed by atoms with Gasteiger partial charge in [-0.15, -0.1) is 0 Å². The van der Waals surface area contributed by atoms with Gasteiger partial charge in [0.2, 0.25) is 0 Å². The maximum absolute atomic E-state index is 10.4. The highest BCUT2D eigenvalue weighted by Crippen LogP contribution is 2.34. The minimum Gasteiger partial charge on any atom is -0.493 e. The highest BCUT2D eigenvalue weighted by atomic mass is 35.5. The topological polar surface area (TPSA) is 88.4 Å². The third-order valence-electron chi connectivity index (χ3n) is 5.07. The smallest absolute Gasteiger partial charge is 0.186 e. The summed E-state index contributed by atoms with van der Waals surface area (Å²) in [6, 6.07) is 13.2. The van der Waals surface area contributed by atoms with Crippen LogP contribution in [-0.2, 0) is 15.9 Å². The number of hydrogen-bond acceptors (Lipinski definition) is 7. The molecule has 5 atom stereocenters. The van der Waals surface area contributed by atoms with E-state index < -0.39 is 30.7 Å². The van der Waals surface area contributed by atoms with Gasteiger partial charge in [-0.1, -0.05) is 35.9 Å². The van der Waals surface area contributed by atoms with Crippen molar-refractivity contribution in [2.75, 3.05) is 25.7 Å². The van der Waals surface area contributed by atoms with Crippen molar-refractivity contribution in [1.29, 1.82) is 0 Å². The fourth-order valence-electron chi connectivity index (χ4n) is 3.39. The van der Waals surface area contributed by atoms with Crippen LogP contribution in [0.25, 0.3) is 0 Å². The van der Waals surface area contributed by atoms with Gasteiger partial charge in [0.15, 0.2) is 6.29 Å². The van der Waals surface area contributed by atoms with E-state index in [0.717, 1.165) is 22.6 Å². The minimum absolute atomic E-state index is 0.583. The van der Waals surface area contributed by atoms with Crippen molar-refractivity contribution in [3.05, 3.63) is 64.2 Å². The van der Waals surface area contributed by atoms with Crippen LogP contribution < -0.4 is 4.74 Å². The Morgan fingerprint density at radius 1 is 1.03 bits per heavy atom. The molecule has 2 aromatic carbocycles. The van der Waals surface area contributed by atoms with E-state index in [4.69, 9.17) is 25.8 Å². The summed E-state index contributed by atoms with van der Waals surface area (Å²) in [6.07, 6.45) is -3.27. The van der Waals surface area contributed by atoms with Gasteiger partial charge in [-0.05, 0) is 47.6 Å². The van der Waals surface area contributed by atoms with Crippen LogP contribution in [0.5, 0.6) is 5.75 Å². The van der Waals surface area contributed by atoms with Crippen molar-refractivity contribution in [2.45, 2.75) is 37.1 Å². The van der Waals surface area contributed by atoms with E-state index in [1.54, 1.807) is 23.9 Å². The fourth-order valence-corrected chi connectivity index (χ4v) is 3.83. The first-order valence-electron chi connectivity index (χ1n) is 9.66. The Kier molecular flexibility index (Phi) is 8.42. The number of thioether (sulfide) groups is 1. The normalized spacial score (nSPS) is 26.5. The van der Waals surface area contributed by atoms with Gasteiger partial charge in [-0.25, -0.2) is 0 Å². The number of methoxy groups -OCH3 is 1. The van der Waals surface area contributed by atoms with Crippen LogP contribution in [0.4, 0.5) is 0 Å². The first-order chi connectivity index (χ1) is 14.4. The van der Waals surface area contributed by atoms with Gasteiger partial charge in [-0.3, -0.25) is 0 Å². The molecule has 0 aromatic heterocycles. The van der Waals surface area contributed by atoms with E-state index in [1.807, 2.05) is 36.6 Å². The molecule has 0 spiro atoms. The first-order valence-corrected chi connectivity index (χ1v) is 11.4. The zero-order chi connectivity index (χ0) is 21.7. The molecule has 1 aliphatic rings. The van der Waals surface area contributed by atoms with Gasteiger partial charge in [0.25, 0.3) is 0 Å². The Balaban J connectivity index is 1.75. The molecule has 0 amide bonds. The quantitative estimate of drug-likeness (QED) is 0.528. The lowest BCUT2D eigenvalue weighted by atomic mass is 9.92. The summed E-state index contributed by atoms with van der Waals surface area (Å²) in [5.74, 6) is 1.76. The van der Waals surface area contributed by atoms with Gasteiger partial charge in [0, 0.05) is 17.9 Å². The summed E-state index contributed by atoms with van der Waals surface area (Å²) in [7, 11) is 1.37. The van der Waals surface area contributed by atoms with Crippen molar-refractivity contribution in [2.24, 2.45) is 0 Å². The Morgan fingerprint density at radius 3 is 2.43 bits per heavy atom. The zero-order valence-electron chi connectivity index (χ0n) is 16.9. The molecule has 0 bridgehead atoms. The molecule has 1 unspecified atom stereocenters. The third kappa shape index (κ3) is 5.48. The van der Waals surface area contributed by atoms with Crippen LogP contribution in [0.3, 0.4) is 0 Å². The molecule has 8 heteroatoms. The monoisotopic (exact) mass is 454 g/mol. The maximum atomic E-state index is 10.4. The molecule has 1 aliphatic heterocycles. The SMILES string of the molecule is COC1O[C@@H](c2ccc(Cl)c(Cc3ccc(OCCSC)cc3)c2)[C@H](O)[C@@H](O)[C@@H]1O. The Morgan fingerprint density at radius 2 is 1.77 bits per heavy atom. The van der Waals surface area contributed by atoms with E-state index in [9.17, 15) is 15.3 Å². The van der Waals surface area contributed by atoms with Gasteiger partial charge in [0.05, 0.1) is 6.61 Å². The molecule has 3 N–H and O–H groups in total. The Labute approximate surface area is 185 Å². The second-order valence-electron chi connectivity index (χ2n) is 7.15. The maximum Gasteiger partial charge on any atom is 0.186 e. The van der Waals surface area contributed by atoms with E-state index in [0.29, 0.717) is 23.6 Å². The summed E-state index contributed by atoms with van der Waals surface area (Å²) in [5, 5.41) is 31.1. The van der Waals surface area contributed by atoms with E-state index in [-0.39, 0.29) is 0 Å². The number of benzene rings is 2. The number of hydrogen-bond donors (Lipinski definition) is 3. The highest BCUT2D eigenvalue weighted by molar-refractivity contribution is 7.98. The third-order valence-corrected chi connectivity index (χ3v) is 6.02. The number of aliphatic hydroxyl groups excluding tert-OH is 3. The molecule has 2 aromatic rings. The van der Waals surface area contributed by atoms with Gasteiger partial charge >= 0.3 is 0 Å². The molecule has 1 fully saturated rings. The molecule has 1 saturated heterocycles. The molecular weight excluding hydrogens is 428 g/mol. The van der Waals surface area contributed by atoms with Crippen molar-refractivity contribution >= 4 is 23.4 Å². The number of aliphatic hydroxyl groups is 3. The van der Waals surface area contributed by atoms with Gasteiger partial charge in [0.1, 0.15) is 30.2 Å². The highest BCUT2D eigenvalue weighted by Gasteiger charge is 2.44. The van der Waals surface area contributed by atoms with Crippen LogP contribution in [0, 0.1) is 0 Å². The van der Waals surface area contributed by atoms with Crippen molar-refractivity contribution in [3.63, 3.8) is 0 Å². The molecule has 0 aliphatic carbocycles. The zero-order valence-corrected chi connectivity index (χ0v) is 18.5. The van der Waals surface area contributed by atoms with Crippen LogP contribution in [0.2, 0.25) is 5.02 Å². The molecule has 0 radical (unpaired) electrons.